The summed E-state index contributed by atoms with van der Waals surface area (Å²) in [6.45, 7) is 0.792. The molecule has 0 radical (unpaired) electrons. The van der Waals surface area contributed by atoms with Gasteiger partial charge in [-0.2, -0.15) is 5.10 Å². The van der Waals surface area contributed by atoms with Gasteiger partial charge in [-0.3, -0.25) is 9.48 Å². The van der Waals surface area contributed by atoms with Gasteiger partial charge in [0.25, 0.3) is 5.91 Å². The van der Waals surface area contributed by atoms with Crippen LogP contribution in [0.25, 0.3) is 0 Å². The number of rotatable bonds is 8. The van der Waals surface area contributed by atoms with Crippen molar-refractivity contribution in [2.75, 3.05) is 12.4 Å². The molecule has 0 aliphatic rings. The van der Waals surface area contributed by atoms with Crippen molar-refractivity contribution >= 4 is 34.9 Å². The van der Waals surface area contributed by atoms with E-state index in [1.54, 1.807) is 36.2 Å². The number of halogens is 2. The molecule has 33 heavy (non-hydrogen) atoms. The molecule has 6 nitrogen and oxygen atoms in total. The van der Waals surface area contributed by atoms with Gasteiger partial charge in [0, 0.05) is 16.8 Å². The third kappa shape index (κ3) is 5.86. The van der Waals surface area contributed by atoms with E-state index in [0.29, 0.717) is 39.5 Å². The second-order valence-electron chi connectivity index (χ2n) is 7.24. The maximum Gasteiger partial charge on any atom is 0.256 e. The van der Waals surface area contributed by atoms with Crippen LogP contribution < -0.4 is 14.8 Å². The van der Waals surface area contributed by atoms with Crippen molar-refractivity contribution in [3.05, 3.63) is 106 Å². The van der Waals surface area contributed by atoms with E-state index in [1.807, 2.05) is 54.6 Å². The molecule has 1 aromatic heterocycles. The molecule has 4 rings (SSSR count). The van der Waals surface area contributed by atoms with Gasteiger partial charge in [0.15, 0.2) is 17.3 Å². The van der Waals surface area contributed by atoms with E-state index < -0.39 is 0 Å². The Morgan fingerprint density at radius 2 is 1.73 bits per heavy atom. The van der Waals surface area contributed by atoms with Crippen LogP contribution in [0.4, 0.5) is 5.82 Å². The van der Waals surface area contributed by atoms with Gasteiger partial charge < -0.3 is 14.8 Å². The van der Waals surface area contributed by atoms with Crippen molar-refractivity contribution in [3.8, 4) is 11.5 Å². The smallest absolute Gasteiger partial charge is 0.256 e. The Bertz CT molecular complexity index is 1260. The molecule has 1 amide bonds. The number of nitrogens with one attached hydrogen (secondary N) is 1. The van der Waals surface area contributed by atoms with Crippen LogP contribution in [-0.4, -0.2) is 22.8 Å². The van der Waals surface area contributed by atoms with Gasteiger partial charge in [-0.25, -0.2) is 0 Å². The number of hydrogen-bond acceptors (Lipinski definition) is 4. The second kappa shape index (κ2) is 10.4. The van der Waals surface area contributed by atoms with E-state index in [1.165, 1.54) is 0 Å². The lowest BCUT2D eigenvalue weighted by Gasteiger charge is -2.11. The highest BCUT2D eigenvalue weighted by atomic mass is 35.5. The van der Waals surface area contributed by atoms with Crippen LogP contribution >= 0.6 is 23.2 Å². The summed E-state index contributed by atoms with van der Waals surface area (Å²) in [4.78, 5) is 12.8. The Balaban J connectivity index is 1.41. The Morgan fingerprint density at radius 1 is 0.970 bits per heavy atom. The van der Waals surface area contributed by atoms with Gasteiger partial charge in [0.2, 0.25) is 0 Å². The summed E-state index contributed by atoms with van der Waals surface area (Å²) >= 11 is 12.2. The maximum absolute atomic E-state index is 12.8. The minimum atomic E-state index is -0.312. The zero-order valence-electron chi connectivity index (χ0n) is 17.8. The molecule has 0 saturated heterocycles. The number of ether oxygens (including phenoxy) is 2. The first-order valence-corrected chi connectivity index (χ1v) is 10.9. The van der Waals surface area contributed by atoms with Gasteiger partial charge in [-0.05, 0) is 47.5 Å². The van der Waals surface area contributed by atoms with Crippen LogP contribution in [0.3, 0.4) is 0 Å². The fourth-order valence-electron chi connectivity index (χ4n) is 3.22. The fourth-order valence-corrected chi connectivity index (χ4v) is 3.54. The van der Waals surface area contributed by atoms with E-state index in [0.717, 1.165) is 11.1 Å². The first kappa shape index (κ1) is 22.7. The number of carbonyl (C=O) groups excluding carboxylic acids is 1. The molecule has 0 atom stereocenters. The lowest BCUT2D eigenvalue weighted by molar-refractivity contribution is 0.102. The monoisotopic (exact) mass is 481 g/mol. The number of nitrogens with zero attached hydrogens (tertiary/aromatic N) is 2. The molecule has 0 spiro atoms. The highest BCUT2D eigenvalue weighted by Gasteiger charge is 2.13. The molecule has 0 bridgehead atoms. The predicted octanol–water partition coefficient (Wildman–Crippen LogP) is 6.08. The summed E-state index contributed by atoms with van der Waals surface area (Å²) < 4.78 is 12.8. The summed E-state index contributed by atoms with van der Waals surface area (Å²) in [6, 6.07) is 22.0. The van der Waals surface area contributed by atoms with Crippen molar-refractivity contribution in [1.29, 1.82) is 0 Å². The van der Waals surface area contributed by atoms with E-state index in [2.05, 4.69) is 10.4 Å². The molecule has 1 heterocycles. The fraction of sp³-hybridized carbons (Fsp3) is 0.120. The molecule has 0 aliphatic heterocycles. The highest BCUT2D eigenvalue weighted by Crippen LogP contribution is 2.27. The number of para-hydroxylation sites is 2. The van der Waals surface area contributed by atoms with Crippen LogP contribution in [0.15, 0.2) is 79.0 Å². The van der Waals surface area contributed by atoms with Gasteiger partial charge in [0.1, 0.15) is 11.6 Å². The minimum absolute atomic E-state index is 0.290. The molecule has 0 saturated carbocycles. The lowest BCUT2D eigenvalue weighted by atomic mass is 10.1. The lowest BCUT2D eigenvalue weighted by Crippen LogP contribution is -2.13. The van der Waals surface area contributed by atoms with Crippen LogP contribution in [-0.2, 0) is 13.2 Å². The summed E-state index contributed by atoms with van der Waals surface area (Å²) in [7, 11) is 1.59. The quantitative estimate of drug-likeness (QED) is 0.331. The normalized spacial score (nSPS) is 10.6. The summed E-state index contributed by atoms with van der Waals surface area (Å²) in [5, 5.41) is 8.19. The average molecular weight is 482 g/mol. The second-order valence-corrected chi connectivity index (χ2v) is 8.09. The zero-order valence-corrected chi connectivity index (χ0v) is 19.3. The highest BCUT2D eigenvalue weighted by molar-refractivity contribution is 6.33. The van der Waals surface area contributed by atoms with Gasteiger partial charge >= 0.3 is 0 Å². The molecular weight excluding hydrogens is 461 g/mol. The topological polar surface area (TPSA) is 65.4 Å². The first-order valence-electron chi connectivity index (χ1n) is 10.2. The van der Waals surface area contributed by atoms with Crippen molar-refractivity contribution in [2.24, 2.45) is 0 Å². The third-order valence-corrected chi connectivity index (χ3v) is 5.39. The van der Waals surface area contributed by atoms with E-state index in [-0.39, 0.29) is 12.5 Å². The maximum atomic E-state index is 12.8. The SMILES string of the molecule is COc1ccccc1OCc1cccc(C(=O)Nc2nn(Cc3ccc(Cl)cc3)cc2Cl)c1. The summed E-state index contributed by atoms with van der Waals surface area (Å²) in [5.41, 5.74) is 2.33. The van der Waals surface area contributed by atoms with Crippen LogP contribution in [0.2, 0.25) is 10.0 Å². The van der Waals surface area contributed by atoms with Crippen molar-refractivity contribution in [1.82, 2.24) is 9.78 Å². The predicted molar refractivity (Wildman–Crippen MR) is 130 cm³/mol. The minimum Gasteiger partial charge on any atom is -0.493 e. The molecule has 0 fully saturated rings. The Hall–Kier alpha value is -3.48. The Morgan fingerprint density at radius 3 is 2.48 bits per heavy atom. The number of hydrogen-bond donors (Lipinski definition) is 1. The molecule has 1 N–H and O–H groups in total. The molecule has 0 aliphatic carbocycles. The number of aromatic nitrogens is 2. The van der Waals surface area contributed by atoms with E-state index >= 15 is 0 Å². The third-order valence-electron chi connectivity index (χ3n) is 4.86. The number of anilines is 1. The van der Waals surface area contributed by atoms with Gasteiger partial charge in [-0.1, -0.05) is 59.6 Å². The molecule has 168 valence electrons. The number of benzene rings is 3. The average Bonchev–Trinajstić information content (AvgIpc) is 3.17. The molecule has 0 unspecified atom stereocenters. The van der Waals surface area contributed by atoms with Crippen molar-refractivity contribution in [2.45, 2.75) is 13.2 Å². The van der Waals surface area contributed by atoms with Crippen LogP contribution in [0, 0.1) is 0 Å². The van der Waals surface area contributed by atoms with Crippen LogP contribution in [0.5, 0.6) is 11.5 Å². The zero-order chi connectivity index (χ0) is 23.2. The van der Waals surface area contributed by atoms with Gasteiger partial charge in [-0.15, -0.1) is 0 Å². The molecule has 8 heteroatoms. The molecular formula is C25H21Cl2N3O3. The Labute approximate surface area is 201 Å². The summed E-state index contributed by atoms with van der Waals surface area (Å²) in [6.07, 6.45) is 1.67. The van der Waals surface area contributed by atoms with Crippen LogP contribution in [0.1, 0.15) is 21.5 Å². The van der Waals surface area contributed by atoms with Gasteiger partial charge in [0.05, 0.1) is 13.7 Å². The largest absolute Gasteiger partial charge is 0.493 e. The standard InChI is InChI=1S/C25H21Cl2N3O3/c1-32-22-7-2-3-8-23(22)33-16-18-5-4-6-19(13-18)25(31)28-24-21(27)15-30(29-24)14-17-9-11-20(26)12-10-17/h2-13,15H,14,16H2,1H3,(H,28,29,31). The first-order chi connectivity index (χ1) is 16.0. The Kier molecular flexibility index (Phi) is 7.17. The number of carbonyl (C=O) groups is 1. The molecule has 4 aromatic rings. The molecule has 3 aromatic carbocycles. The van der Waals surface area contributed by atoms with Crippen molar-refractivity contribution in [3.63, 3.8) is 0 Å². The number of amides is 1. The van der Waals surface area contributed by atoms with E-state index in [9.17, 15) is 4.79 Å². The number of methoxy groups -OCH3 is 1. The van der Waals surface area contributed by atoms with Crippen molar-refractivity contribution < 1.29 is 14.3 Å². The van der Waals surface area contributed by atoms with E-state index in [4.69, 9.17) is 32.7 Å². The summed E-state index contributed by atoms with van der Waals surface area (Å²) in [5.74, 6) is 1.27.